The number of hydrogen-bond donors (Lipinski definition) is 3. The molecule has 0 saturated carbocycles. The van der Waals surface area contributed by atoms with Crippen LogP contribution in [0.4, 0.5) is 25.8 Å². The number of hydrogen-bond acceptors (Lipinski definition) is 7. The maximum absolute atomic E-state index is 14.7. The van der Waals surface area contributed by atoms with Crippen LogP contribution >= 0.6 is 0 Å². The number of ether oxygens (including phenoxy) is 2. The lowest BCUT2D eigenvalue weighted by atomic mass is 10.1. The molecular formula is C26H38F2N4O3. The van der Waals surface area contributed by atoms with Gasteiger partial charge in [0.05, 0.1) is 17.9 Å². The van der Waals surface area contributed by atoms with E-state index in [2.05, 4.69) is 16.9 Å². The molecule has 0 spiro atoms. The summed E-state index contributed by atoms with van der Waals surface area (Å²) < 4.78 is 37.6. The fraction of sp³-hybridized carbons (Fsp3) is 0.385. The smallest absolute Gasteiger partial charge is 0.138 e. The van der Waals surface area contributed by atoms with Crippen LogP contribution in [-0.2, 0) is 9.53 Å². The lowest BCUT2D eigenvalue weighted by Crippen LogP contribution is -2.17. The zero-order valence-corrected chi connectivity index (χ0v) is 21.1. The summed E-state index contributed by atoms with van der Waals surface area (Å²) in [6.07, 6.45) is 2.77. The molecule has 9 heteroatoms. The van der Waals surface area contributed by atoms with E-state index in [9.17, 15) is 8.78 Å². The van der Waals surface area contributed by atoms with Crippen molar-refractivity contribution in [3.63, 3.8) is 0 Å². The van der Waals surface area contributed by atoms with Gasteiger partial charge in [-0.3, -0.25) is 4.99 Å². The first-order valence-electron chi connectivity index (χ1n) is 11.0. The molecule has 0 bridgehead atoms. The molecule has 0 fully saturated rings. The fourth-order valence-electron chi connectivity index (χ4n) is 2.73. The molecule has 2 rings (SSSR count). The highest BCUT2D eigenvalue weighted by atomic mass is 19.1. The maximum Gasteiger partial charge on any atom is 0.138 e. The summed E-state index contributed by atoms with van der Waals surface area (Å²) in [6.45, 7) is 12.2. The topological polar surface area (TPSA) is 112 Å². The monoisotopic (exact) mass is 492 g/mol. The second kappa shape index (κ2) is 17.2. The summed E-state index contributed by atoms with van der Waals surface area (Å²) in [4.78, 5) is 12.3. The molecule has 35 heavy (non-hydrogen) atoms. The number of carbonyl (C=O) groups excluding carboxylic acids is 1. The number of halogens is 2. The van der Waals surface area contributed by atoms with Crippen molar-refractivity contribution in [3.05, 3.63) is 54.4 Å². The molecule has 7 nitrogen and oxygen atoms in total. The Morgan fingerprint density at radius 1 is 1.20 bits per heavy atom. The number of methoxy groups -OCH3 is 1. The molecule has 0 heterocycles. The van der Waals surface area contributed by atoms with Gasteiger partial charge in [-0.1, -0.05) is 6.58 Å². The summed E-state index contributed by atoms with van der Waals surface area (Å²) in [5.74, 6) is -0.0361. The molecular weight excluding hydrogens is 454 g/mol. The number of aliphatic imine (C=N–C) groups is 1. The zero-order chi connectivity index (χ0) is 26.9. The molecule has 0 radical (unpaired) electrons. The molecule has 2 aromatic carbocycles. The van der Waals surface area contributed by atoms with Gasteiger partial charge < -0.3 is 31.1 Å². The number of alkyl halides is 1. The van der Waals surface area contributed by atoms with Gasteiger partial charge in [0.2, 0.25) is 0 Å². The maximum atomic E-state index is 14.7. The average Bonchev–Trinajstić information content (AvgIpc) is 2.79. The predicted molar refractivity (Wildman–Crippen MR) is 142 cm³/mol. The van der Waals surface area contributed by atoms with Gasteiger partial charge in [0, 0.05) is 55.6 Å². The number of anilines is 2. The Bertz CT molecular complexity index is 914. The molecule has 0 aliphatic heterocycles. The second-order valence-corrected chi connectivity index (χ2v) is 7.86. The van der Waals surface area contributed by atoms with Gasteiger partial charge in [-0.15, -0.1) is 0 Å². The van der Waals surface area contributed by atoms with Crippen LogP contribution in [0.15, 0.2) is 48.0 Å². The Labute approximate surface area is 207 Å². The van der Waals surface area contributed by atoms with Crippen molar-refractivity contribution in [1.29, 1.82) is 0 Å². The second-order valence-electron chi connectivity index (χ2n) is 7.86. The number of nitrogens with one attached hydrogen (secondary N) is 1. The number of nitrogens with zero attached hydrogens (tertiary/aromatic N) is 1. The van der Waals surface area contributed by atoms with E-state index in [4.69, 9.17) is 25.7 Å². The Morgan fingerprint density at radius 3 is 2.31 bits per heavy atom. The summed E-state index contributed by atoms with van der Waals surface area (Å²) in [7, 11) is 1.63. The van der Waals surface area contributed by atoms with Crippen LogP contribution < -0.4 is 21.5 Å². The minimum absolute atomic E-state index is 0.296. The van der Waals surface area contributed by atoms with Crippen LogP contribution in [0.25, 0.3) is 5.70 Å². The lowest BCUT2D eigenvalue weighted by molar-refractivity contribution is -0.0980. The standard InChI is InChI=1S/C20H24FN3O2.C5H12FN.CH2O/c1-4-23-19-13-17(26-11-5-10-25-3)12-18(21)20(19)14(2)24-16-8-6-15(22)7-9-16;1-5(2,6)3-4-7;1-2/h4,6-9,12-13,24H,2,5,10-11,22H2,1,3H3;3-4,7H2,1-2H3;1H2. The first-order chi connectivity index (χ1) is 16.6. The number of rotatable bonds is 11. The Hall–Kier alpha value is -3.30. The van der Waals surface area contributed by atoms with E-state index in [0.717, 1.165) is 12.1 Å². The summed E-state index contributed by atoms with van der Waals surface area (Å²) >= 11 is 0. The van der Waals surface area contributed by atoms with Crippen LogP contribution in [0.3, 0.4) is 0 Å². The SMILES string of the molecule is C=C(Nc1ccc(N)cc1)c1c(F)cc(OCCCOC)cc1N=CC.C=O.CC(C)(F)CCN. The van der Waals surface area contributed by atoms with Crippen molar-refractivity contribution in [3.8, 4) is 5.75 Å². The van der Waals surface area contributed by atoms with Crippen LogP contribution in [0, 0.1) is 5.82 Å². The van der Waals surface area contributed by atoms with Gasteiger partial charge in [0.15, 0.2) is 0 Å². The minimum Gasteiger partial charge on any atom is -0.493 e. The van der Waals surface area contributed by atoms with Crippen LogP contribution in [0.1, 0.15) is 39.2 Å². The van der Waals surface area contributed by atoms with Crippen molar-refractivity contribution in [2.24, 2.45) is 10.7 Å². The van der Waals surface area contributed by atoms with Crippen molar-refractivity contribution in [2.45, 2.75) is 39.3 Å². The van der Waals surface area contributed by atoms with Gasteiger partial charge in [0.1, 0.15) is 24.0 Å². The van der Waals surface area contributed by atoms with Crippen LogP contribution in [0.2, 0.25) is 0 Å². The number of benzene rings is 2. The molecule has 0 unspecified atom stereocenters. The molecule has 0 amide bonds. The third-order valence-corrected chi connectivity index (χ3v) is 4.32. The van der Waals surface area contributed by atoms with Crippen molar-refractivity contribution < 1.29 is 23.0 Å². The molecule has 0 aliphatic carbocycles. The van der Waals surface area contributed by atoms with E-state index in [1.165, 1.54) is 19.9 Å². The Morgan fingerprint density at radius 2 is 1.83 bits per heavy atom. The molecule has 5 N–H and O–H groups in total. The Kier molecular flexibility index (Phi) is 15.6. The summed E-state index contributed by atoms with van der Waals surface area (Å²) in [5, 5.41) is 3.08. The number of nitrogen functional groups attached to an aromatic ring is 1. The minimum atomic E-state index is -1.07. The van der Waals surface area contributed by atoms with Crippen LogP contribution in [0.5, 0.6) is 5.75 Å². The van der Waals surface area contributed by atoms with E-state index in [1.54, 1.807) is 50.6 Å². The number of carbonyl (C=O) groups is 1. The summed E-state index contributed by atoms with van der Waals surface area (Å²) in [5.41, 5.74) is 12.2. The first kappa shape index (κ1) is 31.7. The van der Waals surface area contributed by atoms with E-state index in [-0.39, 0.29) is 0 Å². The third-order valence-electron chi connectivity index (χ3n) is 4.32. The molecule has 0 aliphatic rings. The Balaban J connectivity index is 0.00000110. The normalized spacial score (nSPS) is 10.6. The van der Waals surface area contributed by atoms with Crippen molar-refractivity contribution in [2.75, 3.05) is 37.9 Å². The number of nitrogens with two attached hydrogens (primary N) is 2. The van der Waals surface area contributed by atoms with Gasteiger partial charge in [0.25, 0.3) is 0 Å². The quantitative estimate of drug-likeness (QED) is 0.216. The highest BCUT2D eigenvalue weighted by Gasteiger charge is 2.15. The highest BCUT2D eigenvalue weighted by Crippen LogP contribution is 2.33. The first-order valence-corrected chi connectivity index (χ1v) is 11.0. The highest BCUT2D eigenvalue weighted by molar-refractivity contribution is 5.83. The van der Waals surface area contributed by atoms with Gasteiger partial charge >= 0.3 is 0 Å². The van der Waals surface area contributed by atoms with E-state index >= 15 is 0 Å². The molecule has 0 saturated heterocycles. The molecule has 194 valence electrons. The van der Waals surface area contributed by atoms with Gasteiger partial charge in [-0.25, -0.2) is 8.78 Å². The average molecular weight is 493 g/mol. The molecule has 2 aromatic rings. The van der Waals surface area contributed by atoms with Crippen molar-refractivity contribution >= 4 is 35.8 Å². The lowest BCUT2D eigenvalue weighted by Gasteiger charge is -2.15. The van der Waals surface area contributed by atoms with E-state index in [0.29, 0.717) is 54.6 Å². The van der Waals surface area contributed by atoms with E-state index in [1.807, 2.05) is 6.79 Å². The van der Waals surface area contributed by atoms with Crippen LogP contribution in [-0.4, -0.2) is 45.5 Å². The molecule has 0 aromatic heterocycles. The zero-order valence-electron chi connectivity index (χ0n) is 21.1. The third kappa shape index (κ3) is 13.2. The predicted octanol–water partition coefficient (Wildman–Crippen LogP) is 5.53. The van der Waals surface area contributed by atoms with Gasteiger partial charge in [-0.2, -0.15) is 0 Å². The van der Waals surface area contributed by atoms with E-state index < -0.39 is 11.5 Å². The summed E-state index contributed by atoms with van der Waals surface area (Å²) in [6, 6.07) is 10.2. The fourth-order valence-corrected chi connectivity index (χ4v) is 2.73. The van der Waals surface area contributed by atoms with Crippen molar-refractivity contribution in [1.82, 2.24) is 0 Å². The molecule has 0 atom stereocenters. The largest absolute Gasteiger partial charge is 0.493 e. The van der Waals surface area contributed by atoms with Gasteiger partial charge in [-0.05, 0) is 58.0 Å².